The number of carbonyl (C=O) groups excluding carboxylic acids is 1. The highest BCUT2D eigenvalue weighted by Crippen LogP contribution is 2.47. The van der Waals surface area contributed by atoms with Gasteiger partial charge in [-0.3, -0.25) is 10.1 Å². The number of pyridine rings is 1. The average Bonchev–Trinajstić information content (AvgIpc) is 3.32. The fourth-order valence-electron chi connectivity index (χ4n) is 3.05. The van der Waals surface area contributed by atoms with E-state index in [9.17, 15) is 19.3 Å². The predicted octanol–water partition coefficient (Wildman–Crippen LogP) is 3.89. The van der Waals surface area contributed by atoms with Gasteiger partial charge in [-0.05, 0) is 51.3 Å². The summed E-state index contributed by atoms with van der Waals surface area (Å²) >= 11 is 0. The second-order valence-electron chi connectivity index (χ2n) is 7.75. The highest BCUT2D eigenvalue weighted by molar-refractivity contribution is 5.79. The lowest BCUT2D eigenvalue weighted by atomic mass is 9.98. The maximum absolute atomic E-state index is 14.9. The van der Waals surface area contributed by atoms with Crippen LogP contribution in [0.15, 0.2) is 30.5 Å². The largest absolute Gasteiger partial charge is 0.444 e. The Labute approximate surface area is 161 Å². The number of nitrogen functional groups attached to an aromatic ring is 1. The molecule has 1 heterocycles. The van der Waals surface area contributed by atoms with Gasteiger partial charge in [-0.25, -0.2) is 14.2 Å². The lowest BCUT2D eigenvalue weighted by Crippen LogP contribution is -2.39. The Bertz CT molecular complexity index is 951. The van der Waals surface area contributed by atoms with E-state index in [1.807, 2.05) is 0 Å². The molecular formula is C19H21FN4O4. The third-order valence-electron chi connectivity index (χ3n) is 4.42. The van der Waals surface area contributed by atoms with Crippen molar-refractivity contribution in [3.8, 4) is 11.1 Å². The SMILES string of the molecule is CC(C)(C)OC(=O)NC1(c2ccc(-c3ccnc(N)c3[N+](=O)[O-])cc2F)CC1. The molecule has 0 atom stereocenters. The number of carbonyl (C=O) groups is 1. The first-order valence-electron chi connectivity index (χ1n) is 8.73. The highest BCUT2D eigenvalue weighted by atomic mass is 19.1. The summed E-state index contributed by atoms with van der Waals surface area (Å²) in [5.41, 5.74) is 4.53. The summed E-state index contributed by atoms with van der Waals surface area (Å²) in [7, 11) is 0. The summed E-state index contributed by atoms with van der Waals surface area (Å²) < 4.78 is 20.1. The van der Waals surface area contributed by atoms with Crippen LogP contribution in [0.5, 0.6) is 0 Å². The molecule has 0 spiro atoms. The van der Waals surface area contributed by atoms with Gasteiger partial charge in [0.25, 0.3) is 0 Å². The maximum Gasteiger partial charge on any atom is 0.408 e. The fraction of sp³-hybridized carbons (Fsp3) is 0.368. The zero-order valence-corrected chi connectivity index (χ0v) is 15.8. The molecule has 0 unspecified atom stereocenters. The molecule has 9 heteroatoms. The van der Waals surface area contributed by atoms with E-state index in [2.05, 4.69) is 10.3 Å². The van der Waals surface area contributed by atoms with Crippen molar-refractivity contribution in [3.05, 3.63) is 52.0 Å². The molecule has 3 rings (SSSR count). The molecule has 1 saturated carbocycles. The van der Waals surface area contributed by atoms with Crippen molar-refractivity contribution < 1.29 is 18.8 Å². The zero-order chi connectivity index (χ0) is 20.7. The lowest BCUT2D eigenvalue weighted by Gasteiger charge is -2.24. The number of hydrogen-bond acceptors (Lipinski definition) is 6. The molecule has 0 saturated heterocycles. The molecular weight excluding hydrogens is 367 g/mol. The van der Waals surface area contributed by atoms with Crippen LogP contribution in [0, 0.1) is 15.9 Å². The Morgan fingerprint density at radius 1 is 1.36 bits per heavy atom. The first-order chi connectivity index (χ1) is 13.0. The van der Waals surface area contributed by atoms with Gasteiger partial charge in [0, 0.05) is 11.8 Å². The number of ether oxygens (including phenoxy) is 1. The van der Waals surface area contributed by atoms with Crippen LogP contribution in [0.1, 0.15) is 39.2 Å². The van der Waals surface area contributed by atoms with Crippen LogP contribution in [-0.4, -0.2) is 21.6 Å². The number of hydrogen-bond donors (Lipinski definition) is 2. The maximum atomic E-state index is 14.9. The first-order valence-corrected chi connectivity index (χ1v) is 8.73. The molecule has 1 fully saturated rings. The topological polar surface area (TPSA) is 120 Å². The Morgan fingerprint density at radius 3 is 2.57 bits per heavy atom. The summed E-state index contributed by atoms with van der Waals surface area (Å²) in [5.74, 6) is -0.812. The Morgan fingerprint density at radius 2 is 2.04 bits per heavy atom. The minimum atomic E-state index is -0.825. The molecule has 1 amide bonds. The number of anilines is 1. The molecule has 0 radical (unpaired) electrons. The smallest absolute Gasteiger partial charge is 0.408 e. The number of nitro groups is 1. The number of benzene rings is 1. The zero-order valence-electron chi connectivity index (χ0n) is 15.8. The molecule has 1 aliphatic carbocycles. The summed E-state index contributed by atoms with van der Waals surface area (Å²) in [6.45, 7) is 5.23. The van der Waals surface area contributed by atoms with Gasteiger partial charge in [-0.1, -0.05) is 12.1 Å². The van der Waals surface area contributed by atoms with Crippen molar-refractivity contribution in [1.29, 1.82) is 0 Å². The van der Waals surface area contributed by atoms with Gasteiger partial charge in [-0.2, -0.15) is 0 Å². The monoisotopic (exact) mass is 388 g/mol. The molecule has 1 aliphatic rings. The minimum Gasteiger partial charge on any atom is -0.444 e. The fourth-order valence-corrected chi connectivity index (χ4v) is 3.05. The quantitative estimate of drug-likeness (QED) is 0.605. The van der Waals surface area contributed by atoms with Crippen molar-refractivity contribution in [2.24, 2.45) is 0 Å². The van der Waals surface area contributed by atoms with Gasteiger partial charge >= 0.3 is 11.8 Å². The standard InChI is InChI=1S/C19H21FN4O4/c1-18(2,3)28-17(25)23-19(7-8-19)13-5-4-11(10-14(13)20)12-6-9-22-16(21)15(12)24(26)27/h4-6,9-10H,7-8H2,1-3H3,(H2,21,22)(H,23,25). The lowest BCUT2D eigenvalue weighted by molar-refractivity contribution is -0.383. The molecule has 0 aliphatic heterocycles. The number of nitrogens with zero attached hydrogens (tertiary/aromatic N) is 2. The molecule has 0 bridgehead atoms. The number of nitrogens with two attached hydrogens (primary N) is 1. The van der Waals surface area contributed by atoms with E-state index >= 15 is 0 Å². The Balaban J connectivity index is 1.91. The third-order valence-corrected chi connectivity index (χ3v) is 4.42. The van der Waals surface area contributed by atoms with Crippen LogP contribution in [0.2, 0.25) is 0 Å². The number of nitrogens with one attached hydrogen (secondary N) is 1. The number of aromatic nitrogens is 1. The van der Waals surface area contributed by atoms with Gasteiger partial charge in [-0.15, -0.1) is 0 Å². The Hall–Kier alpha value is -3.23. The number of halogens is 1. The van der Waals surface area contributed by atoms with E-state index in [1.54, 1.807) is 26.8 Å². The third kappa shape index (κ3) is 3.88. The summed E-state index contributed by atoms with van der Waals surface area (Å²) in [6, 6.07) is 5.70. The van der Waals surface area contributed by atoms with E-state index < -0.39 is 28.0 Å². The van der Waals surface area contributed by atoms with Crippen molar-refractivity contribution >= 4 is 17.6 Å². The normalized spacial score (nSPS) is 15.0. The average molecular weight is 388 g/mol. The van der Waals surface area contributed by atoms with Gasteiger partial charge in [0.15, 0.2) is 0 Å². The highest BCUT2D eigenvalue weighted by Gasteiger charge is 2.48. The summed E-state index contributed by atoms with van der Waals surface area (Å²) in [5, 5.41) is 14.0. The van der Waals surface area contributed by atoms with Crippen LogP contribution in [0.25, 0.3) is 11.1 Å². The number of alkyl carbamates (subject to hydrolysis) is 1. The number of amides is 1. The van der Waals surface area contributed by atoms with Crippen LogP contribution in [-0.2, 0) is 10.3 Å². The van der Waals surface area contributed by atoms with Gasteiger partial charge in [0.2, 0.25) is 5.82 Å². The van der Waals surface area contributed by atoms with E-state index in [4.69, 9.17) is 10.5 Å². The molecule has 8 nitrogen and oxygen atoms in total. The van der Waals surface area contributed by atoms with Crippen molar-refractivity contribution in [3.63, 3.8) is 0 Å². The van der Waals surface area contributed by atoms with E-state index in [1.165, 1.54) is 24.4 Å². The number of rotatable bonds is 4. The second-order valence-corrected chi connectivity index (χ2v) is 7.75. The molecule has 1 aromatic carbocycles. The molecule has 28 heavy (non-hydrogen) atoms. The van der Waals surface area contributed by atoms with Crippen LogP contribution < -0.4 is 11.1 Å². The van der Waals surface area contributed by atoms with Crippen molar-refractivity contribution in [1.82, 2.24) is 10.3 Å². The van der Waals surface area contributed by atoms with E-state index in [0.717, 1.165) is 0 Å². The van der Waals surface area contributed by atoms with Gasteiger partial charge in [0.1, 0.15) is 11.4 Å². The Kier molecular flexibility index (Phi) is 4.70. The summed E-state index contributed by atoms with van der Waals surface area (Å²) in [6.07, 6.45) is 1.86. The first kappa shape index (κ1) is 19.5. The van der Waals surface area contributed by atoms with E-state index in [-0.39, 0.29) is 17.1 Å². The van der Waals surface area contributed by atoms with Crippen molar-refractivity contribution in [2.45, 2.75) is 44.8 Å². The van der Waals surface area contributed by atoms with Crippen LogP contribution in [0.3, 0.4) is 0 Å². The predicted molar refractivity (Wildman–Crippen MR) is 101 cm³/mol. The van der Waals surface area contributed by atoms with Gasteiger partial charge in [0.05, 0.1) is 16.0 Å². The van der Waals surface area contributed by atoms with Crippen LogP contribution >= 0.6 is 0 Å². The molecule has 1 aromatic heterocycles. The molecule has 148 valence electrons. The van der Waals surface area contributed by atoms with Crippen LogP contribution in [0.4, 0.5) is 20.7 Å². The van der Waals surface area contributed by atoms with Gasteiger partial charge < -0.3 is 15.8 Å². The molecule has 3 N–H and O–H groups in total. The second kappa shape index (κ2) is 6.74. The van der Waals surface area contributed by atoms with E-state index in [0.29, 0.717) is 24.0 Å². The molecule has 2 aromatic rings. The summed E-state index contributed by atoms with van der Waals surface area (Å²) in [4.78, 5) is 26.5. The minimum absolute atomic E-state index is 0.174. The van der Waals surface area contributed by atoms with Crippen molar-refractivity contribution in [2.75, 3.05) is 5.73 Å².